The summed E-state index contributed by atoms with van der Waals surface area (Å²) in [6, 6.07) is 16.8. The first-order chi connectivity index (χ1) is 16.4. The van der Waals surface area contributed by atoms with Crippen LogP contribution in [-0.4, -0.2) is 39.7 Å². The predicted octanol–water partition coefficient (Wildman–Crippen LogP) is 5.17. The molecule has 34 heavy (non-hydrogen) atoms. The van der Waals surface area contributed by atoms with Gasteiger partial charge >= 0.3 is 0 Å². The zero-order chi connectivity index (χ0) is 24.2. The summed E-state index contributed by atoms with van der Waals surface area (Å²) < 4.78 is 7.34. The molecule has 0 radical (unpaired) electrons. The molecule has 4 rings (SSSR count). The van der Waals surface area contributed by atoms with Gasteiger partial charge in [-0.15, -0.1) is 0 Å². The summed E-state index contributed by atoms with van der Waals surface area (Å²) >= 11 is 0.834. The molecule has 0 bridgehead atoms. The van der Waals surface area contributed by atoms with Gasteiger partial charge in [-0.2, -0.15) is 0 Å². The van der Waals surface area contributed by atoms with Gasteiger partial charge in [-0.3, -0.25) is 19.3 Å². The topological polar surface area (TPSA) is 80.6 Å². The van der Waals surface area contributed by atoms with E-state index in [0.29, 0.717) is 18.0 Å². The van der Waals surface area contributed by atoms with Gasteiger partial charge in [0.1, 0.15) is 12.3 Å². The van der Waals surface area contributed by atoms with Crippen molar-refractivity contribution >= 4 is 40.6 Å². The highest BCUT2D eigenvalue weighted by Gasteiger charge is 2.36. The Bertz CT molecular complexity index is 1280. The van der Waals surface area contributed by atoms with E-state index in [-0.39, 0.29) is 11.4 Å². The maximum absolute atomic E-state index is 12.9. The second-order valence-corrected chi connectivity index (χ2v) is 8.84. The van der Waals surface area contributed by atoms with E-state index in [9.17, 15) is 14.4 Å². The number of carbonyl (C=O) groups is 3. The van der Waals surface area contributed by atoms with Crippen molar-refractivity contribution in [3.8, 4) is 11.4 Å². The minimum atomic E-state index is -0.482. The monoisotopic (exact) mass is 475 g/mol. The van der Waals surface area contributed by atoms with E-state index in [4.69, 9.17) is 4.74 Å². The maximum atomic E-state index is 12.9. The molecule has 1 aromatic heterocycles. The van der Waals surface area contributed by atoms with Crippen LogP contribution in [0.3, 0.4) is 0 Å². The number of thioether (sulfide) groups is 1. The normalized spacial score (nSPS) is 14.7. The van der Waals surface area contributed by atoms with E-state index >= 15 is 0 Å². The molecule has 2 aromatic carbocycles. The number of aryl methyl sites for hydroxylation is 2. The van der Waals surface area contributed by atoms with Gasteiger partial charge in [-0.25, -0.2) is 0 Å². The number of nitrogens with zero attached hydrogens (tertiary/aromatic N) is 2. The number of aromatic nitrogens is 1. The lowest BCUT2D eigenvalue weighted by Gasteiger charge is -2.13. The van der Waals surface area contributed by atoms with Gasteiger partial charge in [-0.05, 0) is 98.3 Å². The van der Waals surface area contributed by atoms with Crippen molar-refractivity contribution in [3.63, 3.8) is 0 Å². The Morgan fingerprint density at radius 2 is 1.82 bits per heavy atom. The zero-order valence-electron chi connectivity index (χ0n) is 19.2. The summed E-state index contributed by atoms with van der Waals surface area (Å²) in [5.74, 6) is -0.238. The Balaban J connectivity index is 1.46. The van der Waals surface area contributed by atoms with Crippen molar-refractivity contribution in [1.82, 2.24) is 9.47 Å². The first kappa shape index (κ1) is 23.4. The maximum Gasteiger partial charge on any atom is 0.294 e. The number of rotatable bonds is 7. The molecular weight excluding hydrogens is 450 g/mol. The Hall–Kier alpha value is -3.78. The van der Waals surface area contributed by atoms with Crippen LogP contribution in [0.5, 0.6) is 5.75 Å². The molecule has 1 saturated heterocycles. The third kappa shape index (κ3) is 5.07. The van der Waals surface area contributed by atoms with Crippen LogP contribution in [0.2, 0.25) is 0 Å². The standard InChI is InChI=1S/C26H25N3O4S/c1-4-33-22-11-8-19(9-12-22)27-24(30)16-29-25(31)23(34-26(29)32)15-20-6-5-13-28(20)21-10-7-17(2)18(3)14-21/h5-15H,4,16H2,1-3H3,(H,27,30). The highest BCUT2D eigenvalue weighted by Crippen LogP contribution is 2.32. The SMILES string of the molecule is CCOc1ccc(NC(=O)CN2C(=O)SC(=Cc3cccn3-c3ccc(C)c(C)c3)C2=O)cc1. The summed E-state index contributed by atoms with van der Waals surface area (Å²) in [5, 5.41) is 2.24. The number of nitrogens with one attached hydrogen (secondary N) is 1. The molecule has 0 saturated carbocycles. The van der Waals surface area contributed by atoms with Gasteiger partial charge in [-0.1, -0.05) is 6.07 Å². The summed E-state index contributed by atoms with van der Waals surface area (Å²) in [6.07, 6.45) is 3.59. The van der Waals surface area contributed by atoms with E-state index in [2.05, 4.69) is 18.3 Å². The fourth-order valence-corrected chi connectivity index (χ4v) is 4.36. The van der Waals surface area contributed by atoms with Gasteiger partial charge in [0.25, 0.3) is 11.1 Å². The van der Waals surface area contributed by atoms with Crippen molar-refractivity contribution in [2.45, 2.75) is 20.8 Å². The first-order valence-corrected chi connectivity index (χ1v) is 11.7. The smallest absolute Gasteiger partial charge is 0.294 e. The minimum Gasteiger partial charge on any atom is -0.494 e. The summed E-state index contributed by atoms with van der Waals surface area (Å²) in [5.41, 5.74) is 4.65. The quantitative estimate of drug-likeness (QED) is 0.477. The minimum absolute atomic E-state index is 0.280. The third-order valence-electron chi connectivity index (χ3n) is 5.45. The Morgan fingerprint density at radius 1 is 1.06 bits per heavy atom. The number of ether oxygens (including phenoxy) is 1. The van der Waals surface area contributed by atoms with Crippen LogP contribution in [0.15, 0.2) is 65.7 Å². The van der Waals surface area contributed by atoms with Crippen molar-refractivity contribution in [2.24, 2.45) is 0 Å². The molecule has 8 heteroatoms. The van der Waals surface area contributed by atoms with Crippen molar-refractivity contribution in [1.29, 1.82) is 0 Å². The summed E-state index contributed by atoms with van der Waals surface area (Å²) in [4.78, 5) is 39.1. The van der Waals surface area contributed by atoms with Crippen LogP contribution >= 0.6 is 11.8 Å². The van der Waals surface area contributed by atoms with Crippen molar-refractivity contribution in [3.05, 3.63) is 82.5 Å². The van der Waals surface area contributed by atoms with Gasteiger partial charge in [0.15, 0.2) is 0 Å². The van der Waals surface area contributed by atoms with E-state index in [0.717, 1.165) is 33.6 Å². The van der Waals surface area contributed by atoms with E-state index in [1.54, 1.807) is 30.3 Å². The number of amides is 3. The van der Waals surface area contributed by atoms with Crippen LogP contribution in [0.1, 0.15) is 23.7 Å². The Kier molecular flexibility index (Phi) is 6.88. The number of anilines is 1. The largest absolute Gasteiger partial charge is 0.494 e. The highest BCUT2D eigenvalue weighted by molar-refractivity contribution is 8.18. The van der Waals surface area contributed by atoms with Crippen LogP contribution in [-0.2, 0) is 9.59 Å². The van der Waals surface area contributed by atoms with Crippen LogP contribution in [0.4, 0.5) is 10.5 Å². The van der Waals surface area contributed by atoms with Crippen LogP contribution < -0.4 is 10.1 Å². The number of benzene rings is 2. The number of hydrogen-bond donors (Lipinski definition) is 1. The van der Waals surface area contributed by atoms with E-state index in [1.807, 2.05) is 48.9 Å². The molecular formula is C26H25N3O4S. The predicted molar refractivity (Wildman–Crippen MR) is 134 cm³/mol. The Morgan fingerprint density at radius 3 is 2.53 bits per heavy atom. The molecule has 1 N–H and O–H groups in total. The van der Waals surface area contributed by atoms with Gasteiger partial charge < -0.3 is 14.6 Å². The average Bonchev–Trinajstić information content (AvgIpc) is 3.37. The summed E-state index contributed by atoms with van der Waals surface area (Å²) in [7, 11) is 0. The van der Waals surface area contributed by atoms with E-state index < -0.39 is 17.1 Å². The molecule has 0 aliphatic carbocycles. The lowest BCUT2D eigenvalue weighted by atomic mass is 10.1. The van der Waals surface area contributed by atoms with Crippen LogP contribution in [0.25, 0.3) is 11.8 Å². The molecule has 0 spiro atoms. The molecule has 1 aliphatic heterocycles. The molecule has 7 nitrogen and oxygen atoms in total. The molecule has 3 amide bonds. The molecule has 1 fully saturated rings. The summed E-state index contributed by atoms with van der Waals surface area (Å²) in [6.45, 7) is 6.19. The second-order valence-electron chi connectivity index (χ2n) is 7.85. The number of imide groups is 1. The molecule has 2 heterocycles. The van der Waals surface area contributed by atoms with Crippen LogP contribution in [0, 0.1) is 13.8 Å². The lowest BCUT2D eigenvalue weighted by Crippen LogP contribution is -2.36. The molecule has 174 valence electrons. The number of hydrogen-bond acceptors (Lipinski definition) is 5. The fraction of sp³-hybridized carbons (Fsp3) is 0.192. The molecule has 0 unspecified atom stereocenters. The van der Waals surface area contributed by atoms with Gasteiger partial charge in [0.2, 0.25) is 5.91 Å². The van der Waals surface area contributed by atoms with Crippen molar-refractivity contribution < 1.29 is 19.1 Å². The van der Waals surface area contributed by atoms with Gasteiger partial charge in [0, 0.05) is 23.3 Å². The second kappa shape index (κ2) is 10.0. The fourth-order valence-electron chi connectivity index (χ4n) is 3.54. The number of carbonyl (C=O) groups excluding carboxylic acids is 3. The third-order valence-corrected chi connectivity index (χ3v) is 6.36. The molecule has 3 aromatic rings. The average molecular weight is 476 g/mol. The highest BCUT2D eigenvalue weighted by atomic mass is 32.2. The van der Waals surface area contributed by atoms with Gasteiger partial charge in [0.05, 0.1) is 11.5 Å². The molecule has 1 aliphatic rings. The Labute approximate surface area is 202 Å². The van der Waals surface area contributed by atoms with Crippen molar-refractivity contribution in [2.75, 3.05) is 18.5 Å². The molecule has 0 atom stereocenters. The lowest BCUT2D eigenvalue weighted by molar-refractivity contribution is -0.127. The first-order valence-electron chi connectivity index (χ1n) is 10.9. The van der Waals surface area contributed by atoms with E-state index in [1.165, 1.54) is 5.56 Å². The zero-order valence-corrected chi connectivity index (χ0v) is 20.0.